The summed E-state index contributed by atoms with van der Waals surface area (Å²) in [7, 11) is 0. The number of cyclic esters (lactones) is 2. The molecule has 1 saturated heterocycles. The highest BCUT2D eigenvalue weighted by atomic mass is 19.2. The molecule has 2 N–H and O–H groups in total. The summed E-state index contributed by atoms with van der Waals surface area (Å²) >= 11 is 0. The van der Waals surface area contributed by atoms with Gasteiger partial charge in [-0.1, -0.05) is 0 Å². The zero-order chi connectivity index (χ0) is 15.8. The SMILES string of the molecule is CC1(C)OC(=O)C(=CNc2cc(O)c(F)c(F)c2)C(=O)O1. The first kappa shape index (κ1) is 14.8. The molecule has 1 aliphatic rings. The van der Waals surface area contributed by atoms with Gasteiger partial charge in [-0.2, -0.15) is 4.39 Å². The molecule has 0 spiro atoms. The number of anilines is 1. The number of aromatic hydroxyl groups is 1. The van der Waals surface area contributed by atoms with Crippen molar-refractivity contribution in [3.05, 3.63) is 35.5 Å². The zero-order valence-corrected chi connectivity index (χ0v) is 11.1. The minimum absolute atomic E-state index is 0.0654. The maximum atomic E-state index is 13.1. The lowest BCUT2D eigenvalue weighted by Crippen LogP contribution is -2.42. The maximum absolute atomic E-state index is 13.1. The monoisotopic (exact) mass is 299 g/mol. The van der Waals surface area contributed by atoms with E-state index in [9.17, 15) is 18.4 Å². The molecule has 1 aromatic carbocycles. The third-order valence-corrected chi connectivity index (χ3v) is 2.51. The Bertz CT molecular complexity index is 609. The summed E-state index contributed by atoms with van der Waals surface area (Å²) in [6, 6.07) is 1.63. The highest BCUT2D eigenvalue weighted by Crippen LogP contribution is 2.25. The van der Waals surface area contributed by atoms with Gasteiger partial charge in [-0.25, -0.2) is 14.0 Å². The fourth-order valence-corrected chi connectivity index (χ4v) is 1.59. The summed E-state index contributed by atoms with van der Waals surface area (Å²) in [5.41, 5.74) is -0.511. The van der Waals surface area contributed by atoms with Gasteiger partial charge in [0.25, 0.3) is 5.79 Å². The van der Waals surface area contributed by atoms with Crippen LogP contribution >= 0.6 is 0 Å². The Labute approximate surface area is 118 Å². The van der Waals surface area contributed by atoms with Crippen molar-refractivity contribution in [1.82, 2.24) is 0 Å². The molecule has 8 heteroatoms. The lowest BCUT2D eigenvalue weighted by molar-refractivity contribution is -0.222. The van der Waals surface area contributed by atoms with Crippen molar-refractivity contribution in [3.63, 3.8) is 0 Å². The number of hydrogen-bond acceptors (Lipinski definition) is 6. The molecule has 6 nitrogen and oxygen atoms in total. The van der Waals surface area contributed by atoms with E-state index in [1.807, 2.05) is 0 Å². The van der Waals surface area contributed by atoms with Gasteiger partial charge in [0, 0.05) is 37.9 Å². The van der Waals surface area contributed by atoms with Crippen molar-refractivity contribution in [1.29, 1.82) is 0 Å². The smallest absolute Gasteiger partial charge is 0.350 e. The van der Waals surface area contributed by atoms with E-state index < -0.39 is 40.7 Å². The van der Waals surface area contributed by atoms with Gasteiger partial charge in [0.1, 0.15) is 0 Å². The predicted octanol–water partition coefficient (Wildman–Crippen LogP) is 1.80. The quantitative estimate of drug-likeness (QED) is 0.492. The van der Waals surface area contributed by atoms with E-state index in [4.69, 9.17) is 14.6 Å². The van der Waals surface area contributed by atoms with Crippen molar-refractivity contribution in [3.8, 4) is 5.75 Å². The Hall–Kier alpha value is -2.64. The fourth-order valence-electron chi connectivity index (χ4n) is 1.59. The van der Waals surface area contributed by atoms with Crippen LogP contribution < -0.4 is 5.32 Å². The van der Waals surface area contributed by atoms with Crippen LogP contribution in [0.3, 0.4) is 0 Å². The van der Waals surface area contributed by atoms with Gasteiger partial charge in [-0.3, -0.25) is 0 Å². The highest BCUT2D eigenvalue weighted by molar-refractivity contribution is 6.15. The van der Waals surface area contributed by atoms with E-state index in [2.05, 4.69) is 5.32 Å². The van der Waals surface area contributed by atoms with Crippen LogP contribution in [0.2, 0.25) is 0 Å². The molecule has 0 aliphatic carbocycles. The third-order valence-electron chi connectivity index (χ3n) is 2.51. The highest BCUT2D eigenvalue weighted by Gasteiger charge is 2.38. The number of benzene rings is 1. The van der Waals surface area contributed by atoms with Gasteiger partial charge in [0.05, 0.1) is 0 Å². The van der Waals surface area contributed by atoms with Crippen LogP contribution in [0.25, 0.3) is 0 Å². The fraction of sp³-hybridized carbons (Fsp3) is 0.231. The molecule has 0 aromatic heterocycles. The van der Waals surface area contributed by atoms with Gasteiger partial charge in [0.2, 0.25) is 0 Å². The Morgan fingerprint density at radius 2 is 1.76 bits per heavy atom. The third kappa shape index (κ3) is 3.10. The number of phenols is 1. The van der Waals surface area contributed by atoms with Gasteiger partial charge >= 0.3 is 11.9 Å². The Balaban J connectivity index is 2.22. The minimum atomic E-state index is -1.40. The topological polar surface area (TPSA) is 84.9 Å². The second-order valence-corrected chi connectivity index (χ2v) is 4.67. The predicted molar refractivity (Wildman–Crippen MR) is 66.0 cm³/mol. The molecule has 0 atom stereocenters. The number of ether oxygens (including phenoxy) is 2. The number of nitrogens with one attached hydrogen (secondary N) is 1. The normalized spacial score (nSPS) is 17.0. The van der Waals surface area contributed by atoms with E-state index in [1.54, 1.807) is 0 Å². The van der Waals surface area contributed by atoms with Crippen LogP contribution in [0.5, 0.6) is 5.75 Å². The van der Waals surface area contributed by atoms with Crippen LogP contribution in [-0.2, 0) is 19.1 Å². The molecule has 1 heterocycles. The molecule has 0 saturated carbocycles. The van der Waals surface area contributed by atoms with Crippen molar-refractivity contribution in [2.75, 3.05) is 5.32 Å². The van der Waals surface area contributed by atoms with Gasteiger partial charge in [0.15, 0.2) is 23.0 Å². The number of phenolic OH excluding ortho intramolecular Hbond substituents is 1. The van der Waals surface area contributed by atoms with Crippen molar-refractivity contribution in [2.45, 2.75) is 19.6 Å². The Morgan fingerprint density at radius 1 is 1.19 bits per heavy atom. The second-order valence-electron chi connectivity index (χ2n) is 4.67. The molecule has 0 radical (unpaired) electrons. The van der Waals surface area contributed by atoms with E-state index in [0.29, 0.717) is 0 Å². The van der Waals surface area contributed by atoms with Crippen molar-refractivity contribution >= 4 is 17.6 Å². The first-order valence-corrected chi connectivity index (χ1v) is 5.81. The molecule has 0 amide bonds. The van der Waals surface area contributed by atoms with Crippen LogP contribution in [0, 0.1) is 11.6 Å². The molecule has 0 bridgehead atoms. The summed E-state index contributed by atoms with van der Waals surface area (Å²) in [4.78, 5) is 23.2. The first-order chi connectivity index (χ1) is 9.69. The zero-order valence-electron chi connectivity index (χ0n) is 11.1. The van der Waals surface area contributed by atoms with Crippen LogP contribution in [0.15, 0.2) is 23.9 Å². The number of carbonyl (C=O) groups excluding carboxylic acids is 2. The van der Waals surface area contributed by atoms with Crippen LogP contribution in [-0.4, -0.2) is 22.8 Å². The molecular formula is C13H11F2NO5. The van der Waals surface area contributed by atoms with Gasteiger partial charge in [-0.05, 0) is 0 Å². The Morgan fingerprint density at radius 3 is 2.29 bits per heavy atom. The van der Waals surface area contributed by atoms with E-state index in [1.165, 1.54) is 13.8 Å². The first-order valence-electron chi connectivity index (χ1n) is 5.81. The molecule has 1 aromatic rings. The summed E-state index contributed by atoms with van der Waals surface area (Å²) in [5.74, 6) is -6.81. The minimum Gasteiger partial charge on any atom is -0.505 e. The molecule has 0 unspecified atom stereocenters. The molecule has 1 fully saturated rings. The molecule has 1 aliphatic heterocycles. The van der Waals surface area contributed by atoms with E-state index in [-0.39, 0.29) is 5.69 Å². The molecule has 21 heavy (non-hydrogen) atoms. The van der Waals surface area contributed by atoms with Crippen molar-refractivity contribution in [2.24, 2.45) is 0 Å². The molecule has 112 valence electrons. The summed E-state index contributed by atoms with van der Waals surface area (Å²) < 4.78 is 35.7. The van der Waals surface area contributed by atoms with Gasteiger partial charge in [-0.15, -0.1) is 0 Å². The summed E-state index contributed by atoms with van der Waals surface area (Å²) in [6.07, 6.45) is 0.923. The number of carbonyl (C=O) groups is 2. The largest absolute Gasteiger partial charge is 0.505 e. The number of halogens is 2. The number of rotatable bonds is 2. The van der Waals surface area contributed by atoms with Gasteiger partial charge < -0.3 is 19.9 Å². The Kier molecular flexibility index (Phi) is 3.54. The summed E-state index contributed by atoms with van der Waals surface area (Å²) in [6.45, 7) is 2.78. The second kappa shape index (κ2) is 5.04. The molecule has 2 rings (SSSR count). The van der Waals surface area contributed by atoms with E-state index in [0.717, 1.165) is 18.3 Å². The average molecular weight is 299 g/mol. The average Bonchev–Trinajstić information content (AvgIpc) is 2.33. The molecular weight excluding hydrogens is 288 g/mol. The van der Waals surface area contributed by atoms with Crippen LogP contribution in [0.1, 0.15) is 13.8 Å². The van der Waals surface area contributed by atoms with Crippen molar-refractivity contribution < 1.29 is 33.0 Å². The lowest BCUT2D eigenvalue weighted by Gasteiger charge is -2.29. The maximum Gasteiger partial charge on any atom is 0.350 e. The van der Waals surface area contributed by atoms with E-state index >= 15 is 0 Å². The number of hydrogen-bond donors (Lipinski definition) is 2. The summed E-state index contributed by atoms with van der Waals surface area (Å²) in [5, 5.41) is 11.5. The number of esters is 2. The van der Waals surface area contributed by atoms with Crippen LogP contribution in [0.4, 0.5) is 14.5 Å². The lowest BCUT2D eigenvalue weighted by atomic mass is 10.2. The standard InChI is InChI=1S/C13H11F2NO5/c1-13(2)20-11(18)7(12(19)21-13)5-16-6-3-8(14)10(15)9(17)4-6/h3-5,16-17H,1-2H3.